The first-order valence-electron chi connectivity index (χ1n) is 7.90. The topological polar surface area (TPSA) is 68.0 Å². The number of pyridine rings is 1. The second-order valence-corrected chi connectivity index (χ2v) is 6.48. The zero-order valence-electron chi connectivity index (χ0n) is 15.8. The molecule has 3 rings (SSSR count). The molecule has 130 valence electrons. The fourth-order valence-electron chi connectivity index (χ4n) is 1.92. The molecule has 0 fully saturated rings. The summed E-state index contributed by atoms with van der Waals surface area (Å²) in [5, 5.41) is 6.27. The number of carbonyl (C=O) groups is 1. The molecule has 2 heterocycles. The van der Waals surface area contributed by atoms with Crippen molar-refractivity contribution in [1.29, 1.82) is 0 Å². The molecule has 1 aromatic carbocycles. The minimum atomic E-state index is -0.190. The molecule has 3 aromatic rings. The van der Waals surface area contributed by atoms with E-state index in [0.717, 1.165) is 17.0 Å². The van der Waals surface area contributed by atoms with Crippen LogP contribution in [0.25, 0.3) is 0 Å². The molecule has 0 radical (unpaired) electrons. The number of carbonyl (C=O) groups excluding carboxylic acids is 1. The molecule has 0 aliphatic heterocycles. The van der Waals surface area contributed by atoms with Gasteiger partial charge in [-0.2, -0.15) is 24.3 Å². The number of hydrogen-bond donors (Lipinski definition) is 1. The smallest absolute Gasteiger partial charge is 0.470 e. The van der Waals surface area contributed by atoms with E-state index >= 15 is 0 Å². The summed E-state index contributed by atoms with van der Waals surface area (Å²) in [6.07, 6.45) is 4.23. The van der Waals surface area contributed by atoms with Crippen LogP contribution in [-0.4, -0.2) is 16.0 Å². The van der Waals surface area contributed by atoms with E-state index in [0.29, 0.717) is 5.69 Å². The second kappa shape index (κ2) is 10.7. The average molecular weight is 375 g/mol. The maximum Gasteiger partial charge on any atom is 1.00 e. The zero-order chi connectivity index (χ0) is 18.3. The van der Waals surface area contributed by atoms with Gasteiger partial charge in [0, 0.05) is 6.20 Å². The SMILES string of the molecule is CC(C)(C)c1c[c-]no1.Cc1cccnc1C(=O)Nc1cc[c-]cc1.[K+]. The van der Waals surface area contributed by atoms with Gasteiger partial charge in [-0.25, -0.2) is 5.16 Å². The van der Waals surface area contributed by atoms with Gasteiger partial charge in [0.2, 0.25) is 0 Å². The molecule has 0 saturated carbocycles. The Labute approximate surface area is 197 Å². The summed E-state index contributed by atoms with van der Waals surface area (Å²) in [5.74, 6) is 0.687. The first-order chi connectivity index (χ1) is 11.9. The molecule has 0 saturated heterocycles. The van der Waals surface area contributed by atoms with Crippen LogP contribution >= 0.6 is 0 Å². The summed E-state index contributed by atoms with van der Waals surface area (Å²) in [7, 11) is 0. The van der Waals surface area contributed by atoms with Crippen molar-refractivity contribution >= 4 is 11.6 Å². The molecule has 26 heavy (non-hydrogen) atoms. The minimum absolute atomic E-state index is 0. The molecular formula is C20H21KN3O2-. The van der Waals surface area contributed by atoms with Crippen LogP contribution < -0.4 is 56.7 Å². The summed E-state index contributed by atoms with van der Waals surface area (Å²) in [5.41, 5.74) is 2.12. The third-order valence-corrected chi connectivity index (χ3v) is 3.33. The van der Waals surface area contributed by atoms with Crippen molar-refractivity contribution in [2.24, 2.45) is 0 Å². The van der Waals surface area contributed by atoms with E-state index in [9.17, 15) is 4.79 Å². The third kappa shape index (κ3) is 7.13. The quantitative estimate of drug-likeness (QED) is 0.541. The molecule has 1 amide bonds. The van der Waals surface area contributed by atoms with Crippen LogP contribution in [0.15, 0.2) is 53.2 Å². The van der Waals surface area contributed by atoms with Gasteiger partial charge in [-0.15, -0.1) is 18.3 Å². The van der Waals surface area contributed by atoms with Crippen LogP contribution in [0.1, 0.15) is 42.6 Å². The normalized spacial score (nSPS) is 10.2. The van der Waals surface area contributed by atoms with Crippen molar-refractivity contribution < 1.29 is 60.7 Å². The second-order valence-electron chi connectivity index (χ2n) is 6.48. The molecule has 0 spiro atoms. The van der Waals surface area contributed by atoms with E-state index in [1.807, 2.05) is 19.1 Å². The number of nitrogens with one attached hydrogen (secondary N) is 1. The minimum Gasteiger partial charge on any atom is -0.470 e. The van der Waals surface area contributed by atoms with Gasteiger partial charge in [0.05, 0.1) is 0 Å². The van der Waals surface area contributed by atoms with E-state index in [-0.39, 0.29) is 62.7 Å². The number of aromatic nitrogens is 2. The van der Waals surface area contributed by atoms with E-state index in [2.05, 4.69) is 48.5 Å². The van der Waals surface area contributed by atoms with Gasteiger partial charge in [-0.05, 0) is 29.7 Å². The number of nitrogens with zero attached hydrogens (tertiary/aromatic N) is 2. The molecule has 5 nitrogen and oxygen atoms in total. The number of anilines is 1. The summed E-state index contributed by atoms with van der Waals surface area (Å²) in [6.45, 7) is 8.07. The van der Waals surface area contributed by atoms with Crippen LogP contribution in [0.4, 0.5) is 5.69 Å². The average Bonchev–Trinajstić information content (AvgIpc) is 3.11. The monoisotopic (exact) mass is 374 g/mol. The van der Waals surface area contributed by atoms with Crippen molar-refractivity contribution in [3.05, 3.63) is 77.9 Å². The van der Waals surface area contributed by atoms with Crippen LogP contribution in [-0.2, 0) is 5.41 Å². The van der Waals surface area contributed by atoms with Crippen molar-refractivity contribution in [1.82, 2.24) is 10.1 Å². The predicted octanol–water partition coefficient (Wildman–Crippen LogP) is 1.22. The fraction of sp³-hybridized carbons (Fsp3) is 0.250. The Morgan fingerprint density at radius 2 is 1.88 bits per heavy atom. The largest absolute Gasteiger partial charge is 1.00 e. The van der Waals surface area contributed by atoms with Crippen LogP contribution in [0.5, 0.6) is 0 Å². The van der Waals surface area contributed by atoms with E-state index in [1.54, 1.807) is 36.5 Å². The van der Waals surface area contributed by atoms with Gasteiger partial charge in [0.1, 0.15) is 5.69 Å². The van der Waals surface area contributed by atoms with Gasteiger partial charge in [-0.3, -0.25) is 9.78 Å². The predicted molar refractivity (Wildman–Crippen MR) is 96.2 cm³/mol. The Hall–Kier alpha value is -1.31. The molecule has 1 N–H and O–H groups in total. The maximum atomic E-state index is 11.9. The Balaban J connectivity index is 0.000000290. The molecule has 2 aromatic heterocycles. The van der Waals surface area contributed by atoms with Gasteiger partial charge in [0.15, 0.2) is 0 Å². The Morgan fingerprint density at radius 3 is 2.38 bits per heavy atom. The summed E-state index contributed by atoms with van der Waals surface area (Å²) >= 11 is 0. The Bertz CT molecular complexity index is 797. The van der Waals surface area contributed by atoms with Crippen LogP contribution in [0.3, 0.4) is 0 Å². The van der Waals surface area contributed by atoms with E-state index < -0.39 is 0 Å². The summed E-state index contributed by atoms with van der Waals surface area (Å²) in [4.78, 5) is 15.9. The molecule has 0 aliphatic carbocycles. The van der Waals surface area contributed by atoms with Gasteiger partial charge in [-0.1, -0.05) is 32.5 Å². The zero-order valence-corrected chi connectivity index (χ0v) is 19.0. The van der Waals surface area contributed by atoms with Gasteiger partial charge in [0.25, 0.3) is 5.91 Å². The summed E-state index contributed by atoms with van der Waals surface area (Å²) in [6, 6.07) is 15.4. The molecule has 0 aliphatic rings. The molecule has 6 heteroatoms. The van der Waals surface area contributed by atoms with Crippen molar-refractivity contribution in [3.8, 4) is 0 Å². The van der Waals surface area contributed by atoms with Crippen molar-refractivity contribution in [2.45, 2.75) is 33.1 Å². The van der Waals surface area contributed by atoms with Crippen molar-refractivity contribution in [3.63, 3.8) is 0 Å². The Kier molecular flexibility index (Phi) is 9.39. The maximum absolute atomic E-state index is 11.9. The van der Waals surface area contributed by atoms with Crippen molar-refractivity contribution in [2.75, 3.05) is 5.32 Å². The molecule has 0 unspecified atom stereocenters. The van der Waals surface area contributed by atoms with Gasteiger partial charge >= 0.3 is 51.4 Å². The first kappa shape index (κ1) is 22.7. The third-order valence-electron chi connectivity index (χ3n) is 3.33. The molecule has 0 bridgehead atoms. The Morgan fingerprint density at radius 1 is 1.19 bits per heavy atom. The molecule has 0 atom stereocenters. The van der Waals surface area contributed by atoms with Gasteiger partial charge < -0.3 is 9.84 Å². The first-order valence-corrected chi connectivity index (χ1v) is 7.90. The van der Waals surface area contributed by atoms with Crippen LogP contribution in [0.2, 0.25) is 0 Å². The number of amides is 1. The number of rotatable bonds is 2. The van der Waals surface area contributed by atoms with E-state index in [4.69, 9.17) is 4.52 Å². The number of aryl methyl sites for hydroxylation is 1. The van der Waals surface area contributed by atoms with Crippen LogP contribution in [0, 0.1) is 19.2 Å². The number of hydrogen-bond acceptors (Lipinski definition) is 4. The fourth-order valence-corrected chi connectivity index (χ4v) is 1.92. The standard InChI is InChI=1S/C13H11N2O.C7H10NO.K/c1-10-6-5-9-14-12(10)13(16)15-11-7-3-2-4-8-11;1-7(2,3)6-4-5-8-9-6;/h3-9H,1H3,(H,15,16);4H,1-3H3;/q2*-1;+1. The van der Waals surface area contributed by atoms with E-state index in [1.165, 1.54) is 0 Å². The molecular weight excluding hydrogens is 353 g/mol. The number of benzene rings is 1. The summed E-state index contributed by atoms with van der Waals surface area (Å²) < 4.78 is 4.89.